The molecule has 0 atom stereocenters. The number of ketones is 1. The zero-order valence-corrected chi connectivity index (χ0v) is 12.4. The van der Waals surface area contributed by atoms with Crippen LogP contribution >= 0.6 is 0 Å². The molecule has 0 unspecified atom stereocenters. The summed E-state index contributed by atoms with van der Waals surface area (Å²) < 4.78 is 11.3. The molecule has 4 nitrogen and oxygen atoms in total. The Balaban J connectivity index is 1.90. The predicted octanol–water partition coefficient (Wildman–Crippen LogP) is 2.30. The minimum absolute atomic E-state index is 0.0863. The van der Waals surface area contributed by atoms with Crippen LogP contribution in [0.5, 0.6) is 0 Å². The first-order valence-electron chi connectivity index (χ1n) is 6.96. The number of ether oxygens (including phenoxy) is 2. The van der Waals surface area contributed by atoms with Gasteiger partial charge >= 0.3 is 0 Å². The number of carbonyl (C=O) groups excluding carboxylic acids is 1. The number of rotatable bonds is 4. The number of benzene rings is 1. The lowest BCUT2D eigenvalue weighted by Crippen LogP contribution is -2.57. The Labute approximate surface area is 120 Å². The Morgan fingerprint density at radius 2 is 1.75 bits per heavy atom. The Morgan fingerprint density at radius 3 is 2.25 bits per heavy atom. The summed E-state index contributed by atoms with van der Waals surface area (Å²) in [5.74, 6) is -0.449. The third kappa shape index (κ3) is 3.88. The van der Waals surface area contributed by atoms with E-state index >= 15 is 0 Å². The summed E-state index contributed by atoms with van der Waals surface area (Å²) in [6, 6.07) is 7.68. The molecule has 0 aromatic heterocycles. The van der Waals surface area contributed by atoms with Crippen LogP contribution in [0.25, 0.3) is 0 Å². The largest absolute Gasteiger partial charge is 0.349 e. The van der Waals surface area contributed by atoms with E-state index in [1.54, 1.807) is 6.92 Å². The number of hydrogen-bond donors (Lipinski definition) is 1. The molecule has 0 radical (unpaired) electrons. The average molecular weight is 277 g/mol. The van der Waals surface area contributed by atoms with Crippen molar-refractivity contribution in [3.63, 3.8) is 0 Å². The van der Waals surface area contributed by atoms with E-state index < -0.39 is 11.3 Å². The molecule has 1 aliphatic heterocycles. The second-order valence-electron chi connectivity index (χ2n) is 6.09. The molecule has 0 bridgehead atoms. The molecule has 1 fully saturated rings. The van der Waals surface area contributed by atoms with Gasteiger partial charge in [0, 0.05) is 5.56 Å². The van der Waals surface area contributed by atoms with Gasteiger partial charge in [0.1, 0.15) is 0 Å². The van der Waals surface area contributed by atoms with Crippen LogP contribution in [0.4, 0.5) is 0 Å². The third-order valence-electron chi connectivity index (χ3n) is 3.69. The van der Waals surface area contributed by atoms with E-state index in [1.807, 2.05) is 38.1 Å². The standard InChI is InChI=1S/C16H23NO3/c1-12(18)14-6-4-13(5-7-14)8-9-16(17)10-19-15(2,3)20-11-16/h4-7H,8-11,17H2,1-3H3. The first kappa shape index (κ1) is 15.2. The molecule has 1 heterocycles. The van der Waals surface area contributed by atoms with Gasteiger partial charge in [-0.25, -0.2) is 0 Å². The zero-order chi connectivity index (χ0) is 14.8. The fourth-order valence-corrected chi connectivity index (χ4v) is 2.16. The van der Waals surface area contributed by atoms with E-state index in [0.29, 0.717) is 13.2 Å². The van der Waals surface area contributed by atoms with Gasteiger partial charge in [-0.1, -0.05) is 24.3 Å². The minimum atomic E-state index is -0.536. The molecule has 2 rings (SSSR count). The molecular formula is C16H23NO3. The van der Waals surface area contributed by atoms with Crippen LogP contribution in [-0.4, -0.2) is 30.3 Å². The topological polar surface area (TPSA) is 61.6 Å². The van der Waals surface area contributed by atoms with E-state index in [9.17, 15) is 4.79 Å². The lowest BCUT2D eigenvalue weighted by molar-refractivity contribution is -0.267. The van der Waals surface area contributed by atoms with Crippen LogP contribution in [0.3, 0.4) is 0 Å². The van der Waals surface area contributed by atoms with Crippen LogP contribution in [0.15, 0.2) is 24.3 Å². The summed E-state index contributed by atoms with van der Waals surface area (Å²) in [7, 11) is 0. The molecule has 1 aromatic rings. The van der Waals surface area contributed by atoms with Gasteiger partial charge in [0.15, 0.2) is 11.6 Å². The van der Waals surface area contributed by atoms with Crippen LogP contribution in [0, 0.1) is 0 Å². The second-order valence-corrected chi connectivity index (χ2v) is 6.09. The van der Waals surface area contributed by atoms with Crippen molar-refractivity contribution in [2.75, 3.05) is 13.2 Å². The highest BCUT2D eigenvalue weighted by atomic mass is 16.7. The highest BCUT2D eigenvalue weighted by Crippen LogP contribution is 2.25. The van der Waals surface area contributed by atoms with Crippen molar-refractivity contribution in [2.24, 2.45) is 5.73 Å². The molecule has 0 spiro atoms. The first-order valence-corrected chi connectivity index (χ1v) is 6.96. The van der Waals surface area contributed by atoms with Gasteiger partial charge in [-0.3, -0.25) is 4.79 Å². The maximum absolute atomic E-state index is 11.2. The number of nitrogens with two attached hydrogens (primary N) is 1. The van der Waals surface area contributed by atoms with E-state index in [2.05, 4.69) is 0 Å². The van der Waals surface area contributed by atoms with Crippen LogP contribution < -0.4 is 5.73 Å². The lowest BCUT2D eigenvalue weighted by atomic mass is 9.92. The van der Waals surface area contributed by atoms with Crippen LogP contribution in [0.1, 0.15) is 43.1 Å². The molecule has 1 saturated heterocycles. The highest BCUT2D eigenvalue weighted by Gasteiger charge is 2.36. The molecule has 1 aliphatic rings. The van der Waals surface area contributed by atoms with Crippen molar-refractivity contribution < 1.29 is 14.3 Å². The molecule has 2 N–H and O–H groups in total. The molecule has 4 heteroatoms. The molecule has 0 saturated carbocycles. The van der Waals surface area contributed by atoms with Crippen molar-refractivity contribution in [1.29, 1.82) is 0 Å². The summed E-state index contributed by atoms with van der Waals surface area (Å²) >= 11 is 0. The summed E-state index contributed by atoms with van der Waals surface area (Å²) in [6.07, 6.45) is 1.64. The maximum atomic E-state index is 11.2. The Bertz CT molecular complexity index is 469. The molecule has 0 amide bonds. The van der Waals surface area contributed by atoms with Gasteiger partial charge in [0.05, 0.1) is 18.8 Å². The summed E-state index contributed by atoms with van der Waals surface area (Å²) in [5, 5.41) is 0. The second kappa shape index (κ2) is 5.64. The SMILES string of the molecule is CC(=O)c1ccc(CCC2(N)COC(C)(C)OC2)cc1. The van der Waals surface area contributed by atoms with E-state index in [-0.39, 0.29) is 5.78 Å². The van der Waals surface area contributed by atoms with E-state index in [4.69, 9.17) is 15.2 Å². The quantitative estimate of drug-likeness (QED) is 0.858. The minimum Gasteiger partial charge on any atom is -0.349 e. The fraction of sp³-hybridized carbons (Fsp3) is 0.562. The van der Waals surface area contributed by atoms with Crippen LogP contribution in [0.2, 0.25) is 0 Å². The molecule has 20 heavy (non-hydrogen) atoms. The molecular weight excluding hydrogens is 254 g/mol. The molecule has 0 aliphatic carbocycles. The van der Waals surface area contributed by atoms with Gasteiger partial charge in [-0.2, -0.15) is 0 Å². The Hall–Kier alpha value is -1.23. The fourth-order valence-electron chi connectivity index (χ4n) is 2.16. The van der Waals surface area contributed by atoms with Crippen molar-refractivity contribution in [3.05, 3.63) is 35.4 Å². The maximum Gasteiger partial charge on any atom is 0.162 e. The number of carbonyl (C=O) groups is 1. The Kier molecular flexibility index (Phi) is 4.28. The van der Waals surface area contributed by atoms with Gasteiger partial charge in [0.2, 0.25) is 0 Å². The van der Waals surface area contributed by atoms with Crippen molar-refractivity contribution in [2.45, 2.75) is 44.9 Å². The lowest BCUT2D eigenvalue weighted by Gasteiger charge is -2.41. The van der Waals surface area contributed by atoms with Crippen LogP contribution in [-0.2, 0) is 15.9 Å². The predicted molar refractivity (Wildman–Crippen MR) is 77.7 cm³/mol. The van der Waals surface area contributed by atoms with Gasteiger partial charge in [0.25, 0.3) is 0 Å². The average Bonchev–Trinajstić information content (AvgIpc) is 2.41. The number of Topliss-reactive ketones (excluding diaryl/α,β-unsaturated/α-hetero) is 1. The number of hydrogen-bond acceptors (Lipinski definition) is 4. The van der Waals surface area contributed by atoms with E-state index in [1.165, 1.54) is 5.56 Å². The van der Waals surface area contributed by atoms with Gasteiger partial charge in [-0.15, -0.1) is 0 Å². The zero-order valence-electron chi connectivity index (χ0n) is 12.4. The normalized spacial score (nSPS) is 20.6. The number of aryl methyl sites for hydroxylation is 1. The molecule has 1 aromatic carbocycles. The van der Waals surface area contributed by atoms with Crippen molar-refractivity contribution in [1.82, 2.24) is 0 Å². The molecule has 110 valence electrons. The van der Waals surface area contributed by atoms with Gasteiger partial charge in [-0.05, 0) is 39.2 Å². The summed E-state index contributed by atoms with van der Waals surface area (Å²) in [6.45, 7) is 6.37. The third-order valence-corrected chi connectivity index (χ3v) is 3.69. The highest BCUT2D eigenvalue weighted by molar-refractivity contribution is 5.93. The Morgan fingerprint density at radius 1 is 1.20 bits per heavy atom. The first-order chi connectivity index (χ1) is 9.30. The van der Waals surface area contributed by atoms with E-state index in [0.717, 1.165) is 18.4 Å². The monoisotopic (exact) mass is 277 g/mol. The van der Waals surface area contributed by atoms with Crippen molar-refractivity contribution >= 4 is 5.78 Å². The van der Waals surface area contributed by atoms with Gasteiger partial charge < -0.3 is 15.2 Å². The summed E-state index contributed by atoms with van der Waals surface area (Å²) in [4.78, 5) is 11.2. The van der Waals surface area contributed by atoms with Crippen molar-refractivity contribution in [3.8, 4) is 0 Å². The smallest absolute Gasteiger partial charge is 0.162 e. The summed E-state index contributed by atoms with van der Waals surface area (Å²) in [5.41, 5.74) is 7.78.